The Kier molecular flexibility index (Phi) is 5.40. The van der Waals surface area contributed by atoms with Gasteiger partial charge in [0.2, 0.25) is 11.8 Å². The normalized spacial score (nSPS) is 17.3. The molecule has 0 unspecified atom stereocenters. The van der Waals surface area contributed by atoms with Gasteiger partial charge in [0.25, 0.3) is 0 Å². The van der Waals surface area contributed by atoms with Gasteiger partial charge in [-0.1, -0.05) is 25.1 Å². The van der Waals surface area contributed by atoms with Gasteiger partial charge in [-0.3, -0.25) is 9.59 Å². The number of hydrogen-bond donors (Lipinski definition) is 1. The molecule has 2 heterocycles. The first-order valence-corrected chi connectivity index (χ1v) is 9.20. The van der Waals surface area contributed by atoms with E-state index in [1.165, 1.54) is 0 Å². The number of aryl methyl sites for hydroxylation is 1. The number of aromatic nitrogens is 2. The van der Waals surface area contributed by atoms with E-state index in [-0.39, 0.29) is 17.9 Å². The Morgan fingerprint density at radius 3 is 2.69 bits per heavy atom. The number of carbonyl (C=O) groups excluding carboxylic acids is 2. The molecule has 1 aromatic heterocycles. The van der Waals surface area contributed by atoms with Gasteiger partial charge in [-0.15, -0.1) is 0 Å². The van der Waals surface area contributed by atoms with Gasteiger partial charge in [-0.2, -0.15) is 5.10 Å². The molecule has 3 rings (SSSR count). The minimum atomic E-state index is -0.342. The van der Waals surface area contributed by atoms with Crippen molar-refractivity contribution in [2.75, 3.05) is 13.1 Å². The van der Waals surface area contributed by atoms with E-state index >= 15 is 0 Å². The zero-order valence-corrected chi connectivity index (χ0v) is 15.7. The van der Waals surface area contributed by atoms with Crippen LogP contribution >= 0.6 is 0 Å². The Labute approximate surface area is 154 Å². The Balaban J connectivity index is 1.73. The molecule has 2 aromatic rings. The lowest BCUT2D eigenvalue weighted by atomic mass is 10.0. The predicted octanol–water partition coefficient (Wildman–Crippen LogP) is 2.16. The van der Waals surface area contributed by atoms with Crippen LogP contribution in [0.15, 0.2) is 30.3 Å². The second-order valence-corrected chi connectivity index (χ2v) is 6.70. The minimum Gasteiger partial charge on any atom is -0.353 e. The molecular formula is C20H26N4O2. The lowest BCUT2D eigenvalue weighted by Gasteiger charge is -2.34. The Hall–Kier alpha value is -2.63. The fourth-order valence-corrected chi connectivity index (χ4v) is 3.65. The molecule has 0 spiro atoms. The monoisotopic (exact) mass is 354 g/mol. The second-order valence-electron chi connectivity index (χ2n) is 6.70. The molecule has 1 aromatic carbocycles. The highest BCUT2D eigenvalue weighted by atomic mass is 16.2. The van der Waals surface area contributed by atoms with Crippen molar-refractivity contribution in [2.45, 2.75) is 46.1 Å². The first kappa shape index (κ1) is 18.2. The van der Waals surface area contributed by atoms with Gasteiger partial charge < -0.3 is 10.2 Å². The maximum Gasteiger partial charge on any atom is 0.242 e. The lowest BCUT2D eigenvalue weighted by Crippen LogP contribution is -2.56. The van der Waals surface area contributed by atoms with E-state index in [1.807, 2.05) is 55.8 Å². The van der Waals surface area contributed by atoms with Crippen molar-refractivity contribution >= 4 is 11.8 Å². The average Bonchev–Trinajstić information content (AvgIpc) is 2.94. The molecule has 0 bridgehead atoms. The summed E-state index contributed by atoms with van der Waals surface area (Å²) in [7, 11) is 0. The maximum atomic E-state index is 12.7. The quantitative estimate of drug-likeness (QED) is 0.895. The van der Waals surface area contributed by atoms with Crippen LogP contribution in [0.25, 0.3) is 5.69 Å². The van der Waals surface area contributed by atoms with Crippen LogP contribution in [0.3, 0.4) is 0 Å². The third-order valence-electron chi connectivity index (χ3n) is 5.07. The van der Waals surface area contributed by atoms with Gasteiger partial charge >= 0.3 is 0 Å². The fraction of sp³-hybridized carbons (Fsp3) is 0.450. The van der Waals surface area contributed by atoms with Crippen LogP contribution in [0.4, 0.5) is 0 Å². The standard InChI is InChI=1S/C20H26N4O2/c1-4-18-20(26)21-12-13-23(18)19(25)11-10-17-14(2)22-24(15(17)3)16-8-6-5-7-9-16/h5-9,18H,4,10-13H2,1-3H3,(H,21,26)/t18-/m1/s1. The third kappa shape index (κ3) is 3.49. The van der Waals surface area contributed by atoms with Gasteiger partial charge in [0.05, 0.1) is 11.4 Å². The number of amides is 2. The molecule has 6 nitrogen and oxygen atoms in total. The van der Waals surface area contributed by atoms with Gasteiger partial charge in [0, 0.05) is 25.2 Å². The van der Waals surface area contributed by atoms with Crippen molar-refractivity contribution < 1.29 is 9.59 Å². The summed E-state index contributed by atoms with van der Waals surface area (Å²) < 4.78 is 1.93. The van der Waals surface area contributed by atoms with E-state index in [4.69, 9.17) is 0 Å². The molecule has 1 aliphatic rings. The number of nitrogens with zero attached hydrogens (tertiary/aromatic N) is 3. The topological polar surface area (TPSA) is 67.2 Å². The molecule has 138 valence electrons. The Morgan fingerprint density at radius 2 is 2.00 bits per heavy atom. The number of para-hydroxylation sites is 1. The molecule has 1 saturated heterocycles. The van der Waals surface area contributed by atoms with Crippen LogP contribution in [-0.2, 0) is 16.0 Å². The van der Waals surface area contributed by atoms with Gasteiger partial charge in [0.15, 0.2) is 0 Å². The number of benzene rings is 1. The molecule has 0 aliphatic carbocycles. The Morgan fingerprint density at radius 1 is 1.27 bits per heavy atom. The van der Waals surface area contributed by atoms with E-state index in [0.717, 1.165) is 22.6 Å². The number of piperazine rings is 1. The third-order valence-corrected chi connectivity index (χ3v) is 5.07. The van der Waals surface area contributed by atoms with Gasteiger partial charge in [-0.05, 0) is 44.4 Å². The predicted molar refractivity (Wildman–Crippen MR) is 100 cm³/mol. The summed E-state index contributed by atoms with van der Waals surface area (Å²) in [6.45, 7) is 7.08. The summed E-state index contributed by atoms with van der Waals surface area (Å²) in [4.78, 5) is 26.4. The van der Waals surface area contributed by atoms with E-state index in [0.29, 0.717) is 32.4 Å². The highest BCUT2D eigenvalue weighted by molar-refractivity contribution is 5.88. The highest BCUT2D eigenvalue weighted by Gasteiger charge is 2.31. The Bertz CT molecular complexity index is 798. The summed E-state index contributed by atoms with van der Waals surface area (Å²) in [5.74, 6) is -0.00526. The van der Waals surface area contributed by atoms with Crippen LogP contribution in [-0.4, -0.2) is 45.6 Å². The number of nitrogens with one attached hydrogen (secondary N) is 1. The smallest absolute Gasteiger partial charge is 0.242 e. The van der Waals surface area contributed by atoms with E-state index in [1.54, 1.807) is 4.90 Å². The molecule has 26 heavy (non-hydrogen) atoms. The SMILES string of the molecule is CC[C@@H]1C(=O)NCCN1C(=O)CCc1c(C)nn(-c2ccccc2)c1C. The van der Waals surface area contributed by atoms with Crippen LogP contribution in [0.1, 0.15) is 36.7 Å². The van der Waals surface area contributed by atoms with Crippen LogP contribution in [0.2, 0.25) is 0 Å². The van der Waals surface area contributed by atoms with Crippen LogP contribution < -0.4 is 5.32 Å². The van der Waals surface area contributed by atoms with Crippen molar-refractivity contribution in [2.24, 2.45) is 0 Å². The molecule has 1 fully saturated rings. The van der Waals surface area contributed by atoms with Crippen molar-refractivity contribution in [3.8, 4) is 5.69 Å². The second kappa shape index (κ2) is 7.72. The molecular weight excluding hydrogens is 328 g/mol. The molecule has 2 amide bonds. The summed E-state index contributed by atoms with van der Waals surface area (Å²) in [6.07, 6.45) is 1.67. The largest absolute Gasteiger partial charge is 0.353 e. The van der Waals surface area contributed by atoms with E-state index in [9.17, 15) is 9.59 Å². The minimum absolute atomic E-state index is 0.0398. The lowest BCUT2D eigenvalue weighted by molar-refractivity contribution is -0.143. The van der Waals surface area contributed by atoms with Crippen molar-refractivity contribution in [1.29, 1.82) is 0 Å². The van der Waals surface area contributed by atoms with Crippen LogP contribution in [0, 0.1) is 13.8 Å². The zero-order valence-electron chi connectivity index (χ0n) is 15.7. The average molecular weight is 354 g/mol. The van der Waals surface area contributed by atoms with Crippen molar-refractivity contribution in [1.82, 2.24) is 20.0 Å². The number of carbonyl (C=O) groups is 2. The zero-order chi connectivity index (χ0) is 18.7. The first-order valence-electron chi connectivity index (χ1n) is 9.20. The molecule has 6 heteroatoms. The molecule has 0 saturated carbocycles. The van der Waals surface area contributed by atoms with Crippen molar-refractivity contribution in [3.63, 3.8) is 0 Å². The highest BCUT2D eigenvalue weighted by Crippen LogP contribution is 2.20. The van der Waals surface area contributed by atoms with Gasteiger partial charge in [0.1, 0.15) is 6.04 Å². The maximum absolute atomic E-state index is 12.7. The summed E-state index contributed by atoms with van der Waals surface area (Å²) in [5, 5.41) is 7.48. The van der Waals surface area contributed by atoms with E-state index in [2.05, 4.69) is 10.4 Å². The molecule has 1 atom stereocenters. The summed E-state index contributed by atoms with van der Waals surface area (Å²) >= 11 is 0. The van der Waals surface area contributed by atoms with Gasteiger partial charge in [-0.25, -0.2) is 4.68 Å². The molecule has 1 aliphatic heterocycles. The van der Waals surface area contributed by atoms with E-state index < -0.39 is 0 Å². The molecule has 1 N–H and O–H groups in total. The van der Waals surface area contributed by atoms with Crippen LogP contribution in [0.5, 0.6) is 0 Å². The first-order chi connectivity index (χ1) is 12.5. The van der Waals surface area contributed by atoms with Crippen molar-refractivity contribution in [3.05, 3.63) is 47.3 Å². The number of hydrogen-bond acceptors (Lipinski definition) is 3. The number of rotatable bonds is 5. The molecule has 0 radical (unpaired) electrons. The summed E-state index contributed by atoms with van der Waals surface area (Å²) in [6, 6.07) is 9.65. The summed E-state index contributed by atoms with van der Waals surface area (Å²) in [5.41, 5.74) is 4.13. The fourth-order valence-electron chi connectivity index (χ4n) is 3.65.